The summed E-state index contributed by atoms with van der Waals surface area (Å²) < 4.78 is 2.74. The van der Waals surface area contributed by atoms with Crippen molar-refractivity contribution in [2.45, 2.75) is 31.1 Å². The van der Waals surface area contributed by atoms with Crippen LogP contribution < -0.4 is 16.0 Å². The summed E-state index contributed by atoms with van der Waals surface area (Å²) in [6.45, 7) is 1.90. The van der Waals surface area contributed by atoms with E-state index in [-0.39, 0.29) is 12.0 Å². The molecule has 3 heterocycles. The number of nitrogens with zero attached hydrogens (tertiary/aromatic N) is 5. The first kappa shape index (κ1) is 21.0. The van der Waals surface area contributed by atoms with Crippen molar-refractivity contribution in [2.75, 3.05) is 36.9 Å². The molecule has 0 unspecified atom stereocenters. The van der Waals surface area contributed by atoms with Gasteiger partial charge in [-0.2, -0.15) is 5.10 Å². The third kappa shape index (κ3) is 3.78. The third-order valence-corrected chi connectivity index (χ3v) is 6.46. The highest BCUT2D eigenvalue weighted by Crippen LogP contribution is 2.39. The molecule has 30 heavy (non-hydrogen) atoms. The number of rotatable bonds is 8. The van der Waals surface area contributed by atoms with E-state index in [4.69, 9.17) is 5.73 Å². The summed E-state index contributed by atoms with van der Waals surface area (Å²) in [5, 5.41) is 32.6. The molecule has 1 saturated carbocycles. The number of nitrogens with two attached hydrogens (primary N) is 1. The van der Waals surface area contributed by atoms with Gasteiger partial charge in [0.15, 0.2) is 0 Å². The molecule has 0 aromatic carbocycles. The van der Waals surface area contributed by atoms with Gasteiger partial charge in [0.25, 0.3) is 0 Å². The Morgan fingerprint density at radius 1 is 1.37 bits per heavy atom. The zero-order chi connectivity index (χ0) is 21.3. The SMILES string of the molecule is CNc1ncnc2c1ccn2[C@@H]1C[C@H](CN(CCCN)c2cn[nH]c2Br)[C@@H](O)[C@H]1O. The molecular formula is C19H27BrN8O2. The fourth-order valence-electron chi connectivity index (χ4n) is 4.35. The Morgan fingerprint density at radius 2 is 2.20 bits per heavy atom. The fraction of sp³-hybridized carbons (Fsp3) is 0.526. The van der Waals surface area contributed by atoms with Gasteiger partial charge in [-0.3, -0.25) is 5.10 Å². The number of anilines is 2. The Morgan fingerprint density at radius 3 is 2.90 bits per heavy atom. The Bertz CT molecular complexity index is 992. The topological polar surface area (TPSA) is 141 Å². The Hall–Kier alpha value is -2.21. The molecule has 0 amide bonds. The highest BCUT2D eigenvalue weighted by atomic mass is 79.9. The van der Waals surface area contributed by atoms with Crippen molar-refractivity contribution in [3.05, 3.63) is 29.4 Å². The average Bonchev–Trinajstić information content (AvgIpc) is 3.44. The van der Waals surface area contributed by atoms with Crippen LogP contribution >= 0.6 is 15.9 Å². The Balaban J connectivity index is 1.58. The first-order chi connectivity index (χ1) is 14.5. The largest absolute Gasteiger partial charge is 0.390 e. The van der Waals surface area contributed by atoms with Gasteiger partial charge in [0, 0.05) is 32.3 Å². The van der Waals surface area contributed by atoms with Crippen LogP contribution in [0.2, 0.25) is 0 Å². The predicted octanol–water partition coefficient (Wildman–Crippen LogP) is 1.10. The second-order valence-electron chi connectivity index (χ2n) is 7.63. The predicted molar refractivity (Wildman–Crippen MR) is 118 cm³/mol. The number of aliphatic hydroxyl groups is 2. The van der Waals surface area contributed by atoms with Crippen LogP contribution in [0.5, 0.6) is 0 Å². The molecule has 3 aromatic heterocycles. The molecule has 1 aliphatic carbocycles. The van der Waals surface area contributed by atoms with Gasteiger partial charge in [-0.15, -0.1) is 0 Å². The lowest BCUT2D eigenvalue weighted by molar-refractivity contribution is 0.00792. The maximum Gasteiger partial charge on any atom is 0.145 e. The maximum atomic E-state index is 10.9. The number of aliphatic hydroxyl groups excluding tert-OH is 2. The van der Waals surface area contributed by atoms with Gasteiger partial charge < -0.3 is 30.7 Å². The first-order valence-corrected chi connectivity index (χ1v) is 10.8. The zero-order valence-electron chi connectivity index (χ0n) is 16.7. The van der Waals surface area contributed by atoms with Crippen molar-refractivity contribution in [1.29, 1.82) is 0 Å². The maximum absolute atomic E-state index is 10.9. The monoisotopic (exact) mass is 478 g/mol. The molecule has 1 fully saturated rings. The van der Waals surface area contributed by atoms with Crippen LogP contribution in [0.3, 0.4) is 0 Å². The van der Waals surface area contributed by atoms with Crippen molar-refractivity contribution in [3.63, 3.8) is 0 Å². The first-order valence-electron chi connectivity index (χ1n) is 10.0. The molecule has 0 spiro atoms. The molecule has 4 rings (SSSR count). The Kier molecular flexibility index (Phi) is 6.23. The molecule has 4 atom stereocenters. The van der Waals surface area contributed by atoms with E-state index in [0.717, 1.165) is 40.1 Å². The highest BCUT2D eigenvalue weighted by Gasteiger charge is 2.43. The summed E-state index contributed by atoms with van der Waals surface area (Å²) in [5.74, 6) is 0.619. The van der Waals surface area contributed by atoms with E-state index in [1.807, 2.05) is 23.9 Å². The van der Waals surface area contributed by atoms with E-state index >= 15 is 0 Å². The molecule has 0 aliphatic heterocycles. The van der Waals surface area contributed by atoms with E-state index in [1.54, 1.807) is 6.20 Å². The number of fused-ring (bicyclic) bond motifs is 1. The van der Waals surface area contributed by atoms with E-state index in [2.05, 4.69) is 46.3 Å². The van der Waals surface area contributed by atoms with Crippen molar-refractivity contribution in [3.8, 4) is 0 Å². The van der Waals surface area contributed by atoms with Crippen LogP contribution in [0, 0.1) is 5.92 Å². The van der Waals surface area contributed by atoms with Gasteiger partial charge in [-0.05, 0) is 41.4 Å². The molecule has 11 heteroatoms. The molecule has 0 saturated heterocycles. The van der Waals surface area contributed by atoms with Crippen molar-refractivity contribution < 1.29 is 10.2 Å². The summed E-state index contributed by atoms with van der Waals surface area (Å²) in [4.78, 5) is 10.8. The molecular weight excluding hydrogens is 452 g/mol. The summed E-state index contributed by atoms with van der Waals surface area (Å²) in [5.41, 5.74) is 7.38. The minimum absolute atomic E-state index is 0.118. The molecule has 10 nitrogen and oxygen atoms in total. The summed E-state index contributed by atoms with van der Waals surface area (Å²) in [7, 11) is 1.81. The van der Waals surface area contributed by atoms with Crippen LogP contribution in [0.15, 0.2) is 29.4 Å². The lowest BCUT2D eigenvalue weighted by Gasteiger charge is -2.28. The second kappa shape index (κ2) is 8.88. The van der Waals surface area contributed by atoms with Crippen molar-refractivity contribution >= 4 is 38.5 Å². The van der Waals surface area contributed by atoms with Gasteiger partial charge >= 0.3 is 0 Å². The van der Waals surface area contributed by atoms with Crippen LogP contribution in [0.25, 0.3) is 11.0 Å². The molecule has 6 N–H and O–H groups in total. The zero-order valence-corrected chi connectivity index (χ0v) is 18.3. The summed E-state index contributed by atoms with van der Waals surface area (Å²) in [6.07, 6.45) is 4.88. The minimum atomic E-state index is -0.886. The van der Waals surface area contributed by atoms with Crippen LogP contribution in [0.4, 0.5) is 11.5 Å². The minimum Gasteiger partial charge on any atom is -0.390 e. The smallest absolute Gasteiger partial charge is 0.145 e. The number of aromatic nitrogens is 5. The summed E-state index contributed by atoms with van der Waals surface area (Å²) >= 11 is 3.49. The van der Waals surface area contributed by atoms with Gasteiger partial charge in [-0.1, -0.05) is 0 Å². The lowest BCUT2D eigenvalue weighted by Crippen LogP contribution is -2.37. The molecule has 3 aromatic rings. The second-order valence-corrected chi connectivity index (χ2v) is 8.43. The lowest BCUT2D eigenvalue weighted by atomic mass is 10.0. The molecule has 1 aliphatic rings. The van der Waals surface area contributed by atoms with Crippen molar-refractivity contribution in [2.24, 2.45) is 11.7 Å². The van der Waals surface area contributed by atoms with E-state index in [9.17, 15) is 10.2 Å². The van der Waals surface area contributed by atoms with Gasteiger partial charge in [0.05, 0.1) is 29.4 Å². The number of aromatic amines is 1. The van der Waals surface area contributed by atoms with E-state index in [0.29, 0.717) is 19.5 Å². The number of hydrogen-bond acceptors (Lipinski definition) is 8. The number of halogens is 1. The van der Waals surface area contributed by atoms with Crippen LogP contribution in [0.1, 0.15) is 18.9 Å². The molecule has 0 radical (unpaired) electrons. The fourth-order valence-corrected chi connectivity index (χ4v) is 4.81. The van der Waals surface area contributed by atoms with Crippen molar-refractivity contribution in [1.82, 2.24) is 24.7 Å². The number of H-pyrrole nitrogens is 1. The van der Waals surface area contributed by atoms with Crippen LogP contribution in [-0.2, 0) is 0 Å². The number of hydrogen-bond donors (Lipinski definition) is 5. The molecule has 0 bridgehead atoms. The standard InChI is InChI=1S/C19H27BrN8O2/c1-22-18-12-3-6-28(19(12)24-10-23-18)13-7-11(15(29)16(13)30)9-27(5-2-4-21)14-8-25-26-17(14)20/h3,6,8,10-11,13,15-16,29-30H,2,4-5,7,9,21H2,1H3,(H,25,26)(H,22,23,24)/t11-,13-,15-,16+/m1/s1. The quantitative estimate of drug-likeness (QED) is 0.324. The highest BCUT2D eigenvalue weighted by molar-refractivity contribution is 9.10. The number of nitrogens with one attached hydrogen (secondary N) is 2. The third-order valence-electron chi connectivity index (χ3n) is 5.88. The van der Waals surface area contributed by atoms with Gasteiger partial charge in [0.1, 0.15) is 28.5 Å². The molecule has 162 valence electrons. The van der Waals surface area contributed by atoms with Gasteiger partial charge in [-0.25, -0.2) is 9.97 Å². The Labute approximate surface area is 182 Å². The van der Waals surface area contributed by atoms with Gasteiger partial charge in [0.2, 0.25) is 0 Å². The normalized spacial score (nSPS) is 23.9. The van der Waals surface area contributed by atoms with Crippen LogP contribution in [-0.4, -0.2) is 73.8 Å². The average molecular weight is 479 g/mol. The van der Waals surface area contributed by atoms with E-state index < -0.39 is 12.2 Å². The van der Waals surface area contributed by atoms with E-state index in [1.165, 1.54) is 6.33 Å². The summed E-state index contributed by atoms with van der Waals surface area (Å²) in [6, 6.07) is 1.66.